The minimum atomic E-state index is -4.14. The van der Waals surface area contributed by atoms with E-state index in [0.29, 0.717) is 38.9 Å². The van der Waals surface area contributed by atoms with Crippen LogP contribution in [-0.2, 0) is 21.4 Å². The highest BCUT2D eigenvalue weighted by Crippen LogP contribution is 2.37. The smallest absolute Gasteiger partial charge is 0.264 e. The van der Waals surface area contributed by atoms with Crippen molar-refractivity contribution in [1.82, 2.24) is 5.43 Å². The molecule has 0 aromatic heterocycles. The zero-order valence-corrected chi connectivity index (χ0v) is 27.7. The Labute approximate surface area is 270 Å². The van der Waals surface area contributed by atoms with E-state index in [1.54, 1.807) is 54.6 Å². The molecule has 0 saturated heterocycles. The fraction of sp³-hybridized carbons (Fsp3) is 0.188. The normalized spacial score (nSPS) is 11.3. The van der Waals surface area contributed by atoms with Gasteiger partial charge in [0, 0.05) is 5.02 Å². The summed E-state index contributed by atoms with van der Waals surface area (Å²) in [6, 6.07) is 22.3. The Morgan fingerprint density at radius 2 is 1.59 bits per heavy atom. The van der Waals surface area contributed by atoms with Crippen LogP contribution in [0.4, 0.5) is 5.69 Å². The second-order valence-corrected chi connectivity index (χ2v) is 12.9. The maximum Gasteiger partial charge on any atom is 0.264 e. The van der Waals surface area contributed by atoms with Crippen molar-refractivity contribution >= 4 is 55.4 Å². The van der Waals surface area contributed by atoms with Crippen molar-refractivity contribution < 1.29 is 27.4 Å². The zero-order valence-electron chi connectivity index (χ0n) is 24.5. The number of anilines is 1. The quantitative estimate of drug-likeness (QED) is 0.131. The van der Waals surface area contributed by atoms with Gasteiger partial charge in [0.1, 0.15) is 18.9 Å². The Kier molecular flexibility index (Phi) is 10.9. The molecule has 4 rings (SSSR count). The van der Waals surface area contributed by atoms with E-state index in [4.69, 9.17) is 25.8 Å². The maximum absolute atomic E-state index is 13.8. The first-order valence-electron chi connectivity index (χ1n) is 13.3. The number of carbonyl (C=O) groups is 1. The summed E-state index contributed by atoms with van der Waals surface area (Å²) in [7, 11) is -1.19. The lowest BCUT2D eigenvalue weighted by molar-refractivity contribution is -0.119. The van der Waals surface area contributed by atoms with Gasteiger partial charge in [-0.15, -0.1) is 0 Å². The van der Waals surface area contributed by atoms with Gasteiger partial charge >= 0.3 is 0 Å². The summed E-state index contributed by atoms with van der Waals surface area (Å²) >= 11 is 9.47. The van der Waals surface area contributed by atoms with Crippen LogP contribution in [0, 0.1) is 13.8 Å². The first-order chi connectivity index (χ1) is 21.0. The first kappa shape index (κ1) is 32.8. The predicted molar refractivity (Wildman–Crippen MR) is 176 cm³/mol. The van der Waals surface area contributed by atoms with E-state index in [1.807, 2.05) is 26.0 Å². The SMILES string of the molecule is COc1ccc(C)cc1N(CC(=O)N/N=C\c1cc(Br)c(OCc2ccc(Cl)cc2)c(OC)c1)S(=O)(=O)c1ccc(C)cc1. The molecule has 0 aliphatic rings. The maximum atomic E-state index is 13.8. The molecular formula is C32H31BrClN3O6S. The Morgan fingerprint density at radius 3 is 2.25 bits per heavy atom. The van der Waals surface area contributed by atoms with E-state index in [1.165, 1.54) is 32.6 Å². The average Bonchev–Trinajstić information content (AvgIpc) is 3.00. The second kappa shape index (κ2) is 14.6. The molecule has 0 atom stereocenters. The summed E-state index contributed by atoms with van der Waals surface area (Å²) in [5.41, 5.74) is 5.88. The van der Waals surface area contributed by atoms with Gasteiger partial charge in [-0.1, -0.05) is 47.5 Å². The lowest BCUT2D eigenvalue weighted by Crippen LogP contribution is -2.39. The average molecular weight is 701 g/mol. The first-order valence-corrected chi connectivity index (χ1v) is 15.9. The van der Waals surface area contributed by atoms with Crippen LogP contribution >= 0.6 is 27.5 Å². The summed E-state index contributed by atoms with van der Waals surface area (Å²) in [6.45, 7) is 3.44. The third-order valence-electron chi connectivity index (χ3n) is 6.45. The number of halogens is 2. The Balaban J connectivity index is 1.53. The highest BCUT2D eigenvalue weighted by atomic mass is 79.9. The van der Waals surface area contributed by atoms with Crippen LogP contribution < -0.4 is 23.9 Å². The zero-order chi connectivity index (χ0) is 31.9. The molecule has 1 N–H and O–H groups in total. The molecule has 9 nitrogen and oxygen atoms in total. The van der Waals surface area contributed by atoms with Crippen molar-refractivity contribution in [2.24, 2.45) is 5.10 Å². The highest BCUT2D eigenvalue weighted by Gasteiger charge is 2.29. The molecule has 0 spiro atoms. The second-order valence-electron chi connectivity index (χ2n) is 9.74. The highest BCUT2D eigenvalue weighted by molar-refractivity contribution is 9.10. The van der Waals surface area contributed by atoms with E-state index in [-0.39, 0.29) is 10.6 Å². The van der Waals surface area contributed by atoms with Gasteiger partial charge in [0.05, 0.1) is 35.5 Å². The molecule has 0 saturated carbocycles. The summed E-state index contributed by atoms with van der Waals surface area (Å²) < 4.78 is 46.1. The molecule has 0 aliphatic carbocycles. The van der Waals surface area contributed by atoms with Gasteiger partial charge in [-0.3, -0.25) is 9.10 Å². The molecule has 12 heteroatoms. The fourth-order valence-electron chi connectivity index (χ4n) is 4.17. The van der Waals surface area contributed by atoms with Crippen LogP contribution in [0.3, 0.4) is 0 Å². The van der Waals surface area contributed by atoms with Crippen molar-refractivity contribution in [2.75, 3.05) is 25.1 Å². The van der Waals surface area contributed by atoms with Crippen LogP contribution in [0.1, 0.15) is 22.3 Å². The fourth-order valence-corrected chi connectivity index (χ4v) is 6.29. The van der Waals surface area contributed by atoms with Gasteiger partial charge in [0.2, 0.25) is 0 Å². The number of sulfonamides is 1. The number of nitrogens with one attached hydrogen (secondary N) is 1. The van der Waals surface area contributed by atoms with E-state index in [0.717, 1.165) is 21.0 Å². The summed E-state index contributed by atoms with van der Waals surface area (Å²) in [4.78, 5) is 13.1. The number of rotatable bonds is 12. The molecule has 4 aromatic carbocycles. The summed E-state index contributed by atoms with van der Waals surface area (Å²) in [5.74, 6) is 0.586. The molecule has 4 aromatic rings. The monoisotopic (exact) mass is 699 g/mol. The number of amides is 1. The number of carbonyl (C=O) groups excluding carboxylic acids is 1. The standard InChI is InChI=1S/C32H31BrClN3O6S/c1-21-5-12-26(13-6-21)44(39,40)37(28-15-22(2)7-14-29(28)41-3)19-31(38)36-35-18-24-16-27(33)32(30(17-24)42-4)43-20-23-8-10-25(34)11-9-23/h5-18H,19-20H2,1-4H3,(H,36,38)/b35-18-. The number of methoxy groups -OCH3 is 2. The van der Waals surface area contributed by atoms with Crippen LogP contribution in [0.2, 0.25) is 5.02 Å². The minimum Gasteiger partial charge on any atom is -0.495 e. The largest absolute Gasteiger partial charge is 0.495 e. The third-order valence-corrected chi connectivity index (χ3v) is 9.07. The number of nitrogens with zero attached hydrogens (tertiary/aromatic N) is 2. The molecule has 0 heterocycles. The van der Waals surface area contributed by atoms with E-state index in [9.17, 15) is 13.2 Å². The Morgan fingerprint density at radius 1 is 0.932 bits per heavy atom. The van der Waals surface area contributed by atoms with E-state index in [2.05, 4.69) is 26.5 Å². The molecular weight excluding hydrogens is 670 g/mol. The van der Waals surface area contributed by atoms with Gasteiger partial charge < -0.3 is 14.2 Å². The van der Waals surface area contributed by atoms with E-state index >= 15 is 0 Å². The summed E-state index contributed by atoms with van der Waals surface area (Å²) in [5, 5.41) is 4.69. The van der Waals surface area contributed by atoms with Crippen molar-refractivity contribution in [3.8, 4) is 17.2 Å². The molecule has 230 valence electrons. The molecule has 0 aliphatic heterocycles. The Hall–Kier alpha value is -4.06. The van der Waals surface area contributed by atoms with Crippen molar-refractivity contribution in [3.05, 3.63) is 111 Å². The molecule has 0 bridgehead atoms. The number of hydrogen-bond donors (Lipinski definition) is 1. The number of ether oxygens (including phenoxy) is 3. The Bertz CT molecular complexity index is 1760. The number of hydrogen-bond acceptors (Lipinski definition) is 7. The van der Waals surface area contributed by atoms with Gasteiger partial charge in [0.25, 0.3) is 15.9 Å². The third kappa shape index (κ3) is 8.10. The van der Waals surface area contributed by atoms with Gasteiger partial charge in [-0.25, -0.2) is 13.8 Å². The molecule has 0 fully saturated rings. The lowest BCUT2D eigenvalue weighted by Gasteiger charge is -2.25. The van der Waals surface area contributed by atoms with E-state index < -0.39 is 22.5 Å². The number of aryl methyl sites for hydroxylation is 2. The van der Waals surface area contributed by atoms with Crippen LogP contribution in [-0.4, -0.2) is 41.3 Å². The van der Waals surface area contributed by atoms with Gasteiger partial charge in [0.15, 0.2) is 11.5 Å². The van der Waals surface area contributed by atoms with Crippen LogP contribution in [0.5, 0.6) is 17.2 Å². The van der Waals surface area contributed by atoms with Crippen molar-refractivity contribution in [2.45, 2.75) is 25.3 Å². The van der Waals surface area contributed by atoms with Gasteiger partial charge in [-0.2, -0.15) is 5.10 Å². The topological polar surface area (TPSA) is 107 Å². The van der Waals surface area contributed by atoms with Crippen LogP contribution in [0.15, 0.2) is 93.3 Å². The summed E-state index contributed by atoms with van der Waals surface area (Å²) in [6.07, 6.45) is 1.42. The molecule has 0 unspecified atom stereocenters. The van der Waals surface area contributed by atoms with Crippen molar-refractivity contribution in [3.63, 3.8) is 0 Å². The van der Waals surface area contributed by atoms with Crippen molar-refractivity contribution in [1.29, 1.82) is 0 Å². The lowest BCUT2D eigenvalue weighted by atomic mass is 10.2. The number of hydrazone groups is 1. The molecule has 44 heavy (non-hydrogen) atoms. The van der Waals surface area contributed by atoms with Gasteiger partial charge in [-0.05, 0) is 95.0 Å². The molecule has 1 amide bonds. The minimum absolute atomic E-state index is 0.0401. The van der Waals surface area contributed by atoms with Crippen LogP contribution in [0.25, 0.3) is 0 Å². The predicted octanol–water partition coefficient (Wildman–Crippen LogP) is 6.66. The number of benzene rings is 4. The molecule has 0 radical (unpaired) electrons.